The van der Waals surface area contributed by atoms with Crippen LogP contribution in [0.1, 0.15) is 38.5 Å². The van der Waals surface area contributed by atoms with Crippen LogP contribution in [0.15, 0.2) is 0 Å². The quantitative estimate of drug-likeness (QED) is 0.360. The van der Waals surface area contributed by atoms with Crippen LogP contribution < -0.4 is 0 Å². The predicted molar refractivity (Wildman–Crippen MR) is 62.4 cm³/mol. The summed E-state index contributed by atoms with van der Waals surface area (Å²) < 4.78 is 15.0. The Balaban J connectivity index is 2.85. The molecule has 4 nitrogen and oxygen atoms in total. The number of carbonyl (C=O) groups is 1. The highest BCUT2D eigenvalue weighted by Gasteiger charge is 1.92. The highest BCUT2D eigenvalue weighted by atomic mass is 16.5. The molecule has 0 saturated heterocycles. The molecule has 0 amide bonds. The van der Waals surface area contributed by atoms with E-state index in [0.29, 0.717) is 13.1 Å². The van der Waals surface area contributed by atoms with E-state index in [-0.39, 0.29) is 0 Å². The number of carbonyl (C=O) groups excluding carboxylic acids is 1. The van der Waals surface area contributed by atoms with E-state index in [1.807, 2.05) is 0 Å². The van der Waals surface area contributed by atoms with Crippen molar-refractivity contribution in [2.45, 2.75) is 38.5 Å². The third-order valence-electron chi connectivity index (χ3n) is 2.26. The van der Waals surface area contributed by atoms with Crippen molar-refractivity contribution in [3.8, 4) is 0 Å². The van der Waals surface area contributed by atoms with Crippen molar-refractivity contribution in [2.75, 3.05) is 33.5 Å². The van der Waals surface area contributed by atoms with Gasteiger partial charge in [-0.05, 0) is 38.5 Å². The van der Waals surface area contributed by atoms with Crippen molar-refractivity contribution in [3.05, 3.63) is 0 Å². The van der Waals surface area contributed by atoms with Gasteiger partial charge in [-0.2, -0.15) is 0 Å². The van der Waals surface area contributed by atoms with E-state index in [2.05, 4.69) is 4.74 Å². The first kappa shape index (κ1) is 15.4. The molecule has 0 fully saturated rings. The fourth-order valence-corrected chi connectivity index (χ4v) is 1.34. The number of methoxy groups -OCH3 is 1. The van der Waals surface area contributed by atoms with Gasteiger partial charge in [0.15, 0.2) is 0 Å². The van der Waals surface area contributed by atoms with Crippen LogP contribution >= 0.6 is 0 Å². The van der Waals surface area contributed by atoms with E-state index >= 15 is 0 Å². The summed E-state index contributed by atoms with van der Waals surface area (Å²) >= 11 is 0. The Labute approximate surface area is 98.3 Å². The molecule has 4 heteroatoms. The van der Waals surface area contributed by atoms with E-state index in [1.54, 1.807) is 7.11 Å². The second kappa shape index (κ2) is 14.4. The average molecular weight is 232 g/mol. The predicted octanol–water partition coefficient (Wildman–Crippen LogP) is 2.16. The van der Waals surface area contributed by atoms with Crippen molar-refractivity contribution in [2.24, 2.45) is 0 Å². The lowest BCUT2D eigenvalue weighted by Gasteiger charge is -2.04. The van der Waals surface area contributed by atoms with Crippen molar-refractivity contribution in [3.63, 3.8) is 0 Å². The van der Waals surface area contributed by atoms with Gasteiger partial charge in [0, 0.05) is 26.9 Å². The first-order valence-corrected chi connectivity index (χ1v) is 6.03. The van der Waals surface area contributed by atoms with Gasteiger partial charge in [0.1, 0.15) is 0 Å². The molecule has 0 aromatic rings. The van der Waals surface area contributed by atoms with Crippen LogP contribution in [0.3, 0.4) is 0 Å². The molecule has 0 aromatic heterocycles. The minimum Gasteiger partial charge on any atom is -0.468 e. The monoisotopic (exact) mass is 232 g/mol. The lowest BCUT2D eigenvalue weighted by atomic mass is 10.2. The molecule has 0 atom stereocenters. The summed E-state index contributed by atoms with van der Waals surface area (Å²) in [7, 11) is 1.73. The number of hydrogen-bond donors (Lipinski definition) is 0. The van der Waals surface area contributed by atoms with Gasteiger partial charge in [-0.25, -0.2) is 0 Å². The van der Waals surface area contributed by atoms with Gasteiger partial charge in [-0.1, -0.05) is 0 Å². The first-order chi connectivity index (χ1) is 7.91. The maximum absolute atomic E-state index is 9.83. The molecule has 0 aromatic carbocycles. The highest BCUT2D eigenvalue weighted by Crippen LogP contribution is 1.99. The molecule has 0 heterocycles. The smallest absolute Gasteiger partial charge is 0.293 e. The number of unbranched alkanes of at least 4 members (excludes halogenated alkanes) is 4. The third kappa shape index (κ3) is 13.4. The van der Waals surface area contributed by atoms with Gasteiger partial charge in [-0.15, -0.1) is 0 Å². The minimum atomic E-state index is 0.497. The summed E-state index contributed by atoms with van der Waals surface area (Å²) in [5.41, 5.74) is 0. The van der Waals surface area contributed by atoms with Gasteiger partial charge < -0.3 is 14.2 Å². The number of ether oxygens (including phenoxy) is 3. The molecule has 16 heavy (non-hydrogen) atoms. The van der Waals surface area contributed by atoms with E-state index in [9.17, 15) is 4.79 Å². The summed E-state index contributed by atoms with van der Waals surface area (Å²) in [5.74, 6) is 0. The van der Waals surface area contributed by atoms with E-state index in [1.165, 1.54) is 6.42 Å². The lowest BCUT2D eigenvalue weighted by Crippen LogP contribution is -1.99. The Hall–Kier alpha value is -0.610. The van der Waals surface area contributed by atoms with Crippen LogP contribution in [-0.4, -0.2) is 40.0 Å². The molecule has 0 rings (SSSR count). The Morgan fingerprint density at radius 3 is 1.94 bits per heavy atom. The van der Waals surface area contributed by atoms with Crippen LogP contribution in [0.5, 0.6) is 0 Å². The average Bonchev–Trinajstić information content (AvgIpc) is 2.31. The second-order valence-corrected chi connectivity index (χ2v) is 3.69. The molecule has 0 spiro atoms. The zero-order chi connectivity index (χ0) is 11.9. The fraction of sp³-hybridized carbons (Fsp3) is 0.917. The fourth-order valence-electron chi connectivity index (χ4n) is 1.34. The molecule has 0 N–H and O–H groups in total. The zero-order valence-corrected chi connectivity index (χ0v) is 10.3. The SMILES string of the molecule is COCCCCCOCCCCCOC=O. The summed E-state index contributed by atoms with van der Waals surface area (Å²) in [5, 5.41) is 0. The largest absolute Gasteiger partial charge is 0.468 e. The zero-order valence-electron chi connectivity index (χ0n) is 10.3. The Kier molecular flexibility index (Phi) is 13.8. The summed E-state index contributed by atoms with van der Waals surface area (Å²) in [6, 6.07) is 0. The van der Waals surface area contributed by atoms with Crippen molar-refractivity contribution in [1.29, 1.82) is 0 Å². The van der Waals surface area contributed by atoms with Crippen LogP contribution in [0.2, 0.25) is 0 Å². The number of hydrogen-bond acceptors (Lipinski definition) is 4. The van der Waals surface area contributed by atoms with E-state index in [0.717, 1.165) is 51.9 Å². The summed E-state index contributed by atoms with van der Waals surface area (Å²) in [6.45, 7) is 3.52. The summed E-state index contributed by atoms with van der Waals surface area (Å²) in [4.78, 5) is 9.83. The minimum absolute atomic E-state index is 0.497. The van der Waals surface area contributed by atoms with Crippen molar-refractivity contribution in [1.82, 2.24) is 0 Å². The molecule has 0 bridgehead atoms. The summed E-state index contributed by atoms with van der Waals surface area (Å²) in [6.07, 6.45) is 6.41. The third-order valence-corrected chi connectivity index (χ3v) is 2.26. The molecule has 0 aliphatic carbocycles. The maximum atomic E-state index is 9.83. The van der Waals surface area contributed by atoms with E-state index in [4.69, 9.17) is 9.47 Å². The topological polar surface area (TPSA) is 44.8 Å². The van der Waals surface area contributed by atoms with Gasteiger partial charge in [0.05, 0.1) is 6.61 Å². The Bertz CT molecular complexity index is 139. The molecule has 0 unspecified atom stereocenters. The van der Waals surface area contributed by atoms with Gasteiger partial charge in [0.25, 0.3) is 6.47 Å². The van der Waals surface area contributed by atoms with Gasteiger partial charge >= 0.3 is 0 Å². The first-order valence-electron chi connectivity index (χ1n) is 6.03. The van der Waals surface area contributed by atoms with E-state index < -0.39 is 0 Å². The molecule has 96 valence electrons. The highest BCUT2D eigenvalue weighted by molar-refractivity contribution is 5.36. The second-order valence-electron chi connectivity index (χ2n) is 3.69. The lowest BCUT2D eigenvalue weighted by molar-refractivity contribution is -0.128. The molecule has 0 saturated carbocycles. The Morgan fingerprint density at radius 1 is 0.812 bits per heavy atom. The van der Waals surface area contributed by atoms with Gasteiger partial charge in [0.2, 0.25) is 0 Å². The normalized spacial score (nSPS) is 10.3. The maximum Gasteiger partial charge on any atom is 0.293 e. The van der Waals surface area contributed by atoms with Crippen LogP contribution in [0, 0.1) is 0 Å². The number of rotatable bonds is 13. The van der Waals surface area contributed by atoms with Crippen molar-refractivity contribution < 1.29 is 19.0 Å². The molecular formula is C12H24O4. The molecule has 0 aliphatic rings. The molecule has 0 aliphatic heterocycles. The Morgan fingerprint density at radius 2 is 1.38 bits per heavy atom. The van der Waals surface area contributed by atoms with Crippen LogP contribution in [-0.2, 0) is 19.0 Å². The standard InChI is InChI=1S/C12H24O4/c1-14-8-4-2-5-9-15-10-6-3-7-11-16-12-13/h12H,2-11H2,1H3. The molecular weight excluding hydrogens is 208 g/mol. The molecule has 0 radical (unpaired) electrons. The van der Waals surface area contributed by atoms with Crippen molar-refractivity contribution >= 4 is 6.47 Å². The van der Waals surface area contributed by atoms with Crippen LogP contribution in [0.25, 0.3) is 0 Å². The van der Waals surface area contributed by atoms with Crippen LogP contribution in [0.4, 0.5) is 0 Å². The van der Waals surface area contributed by atoms with Gasteiger partial charge in [-0.3, -0.25) is 4.79 Å².